The smallest absolute Gasteiger partial charge is 0.270 e. The molecule has 21 heavy (non-hydrogen) atoms. The first-order valence-corrected chi connectivity index (χ1v) is 6.84. The van der Waals surface area contributed by atoms with Crippen LogP contribution < -0.4 is 0 Å². The molecule has 0 N–H and O–H groups in total. The highest BCUT2D eigenvalue weighted by atomic mass is 16.6. The van der Waals surface area contributed by atoms with E-state index in [0.29, 0.717) is 16.8 Å². The van der Waals surface area contributed by atoms with E-state index in [1.807, 2.05) is 6.92 Å². The fourth-order valence-electron chi connectivity index (χ4n) is 2.15. The number of hydrogen-bond acceptors (Lipinski definition) is 4. The molecule has 0 unspecified atom stereocenters. The Morgan fingerprint density at radius 3 is 2.81 bits per heavy atom. The van der Waals surface area contributed by atoms with Crippen LogP contribution in [0.3, 0.4) is 0 Å². The molecule has 0 saturated heterocycles. The number of nitrogens with zero attached hydrogens (tertiary/aromatic N) is 3. The lowest BCUT2D eigenvalue weighted by Gasteiger charge is -2.03. The van der Waals surface area contributed by atoms with Crippen LogP contribution >= 0.6 is 0 Å². The van der Waals surface area contributed by atoms with Crippen LogP contribution in [0.4, 0.5) is 5.69 Å². The molecule has 6 nitrogen and oxygen atoms in total. The van der Waals surface area contributed by atoms with Crippen molar-refractivity contribution in [1.29, 1.82) is 0 Å². The van der Waals surface area contributed by atoms with Crippen molar-refractivity contribution < 1.29 is 9.72 Å². The van der Waals surface area contributed by atoms with Crippen molar-refractivity contribution in [2.24, 2.45) is 0 Å². The lowest BCUT2D eigenvalue weighted by molar-refractivity contribution is -0.384. The second kappa shape index (κ2) is 6.30. The molecular weight excluding hydrogens is 270 g/mol. The number of non-ortho nitro benzene ring substituents is 1. The van der Waals surface area contributed by atoms with Gasteiger partial charge >= 0.3 is 0 Å². The highest BCUT2D eigenvalue weighted by Gasteiger charge is 2.16. The van der Waals surface area contributed by atoms with Gasteiger partial charge in [-0.15, -0.1) is 0 Å². The number of nitro benzene ring substituents is 1. The van der Waals surface area contributed by atoms with Crippen LogP contribution in [0.5, 0.6) is 0 Å². The summed E-state index contributed by atoms with van der Waals surface area (Å²) >= 11 is 0. The molecule has 2 rings (SSSR count). The molecule has 0 radical (unpaired) electrons. The first-order valence-electron chi connectivity index (χ1n) is 6.84. The zero-order valence-corrected chi connectivity index (χ0v) is 12.1. The van der Waals surface area contributed by atoms with Crippen LogP contribution in [-0.4, -0.2) is 21.0 Å². The SMILES string of the molecule is CCCCn1cc(C=O)c(-c2cc([N+](=O)[O-])ccc2C)n1. The first kappa shape index (κ1) is 14.9. The molecule has 6 heteroatoms. The van der Waals surface area contributed by atoms with Crippen LogP contribution in [0, 0.1) is 17.0 Å². The number of benzene rings is 1. The van der Waals surface area contributed by atoms with E-state index in [2.05, 4.69) is 12.0 Å². The standard InChI is InChI=1S/C15H17N3O3/c1-3-4-7-17-9-12(10-19)15(16-17)14-8-13(18(20)21)6-5-11(14)2/h5-6,8-10H,3-4,7H2,1-2H3. The second-order valence-electron chi connectivity index (χ2n) is 4.92. The number of unbranched alkanes of at least 4 members (excludes halogenated alkanes) is 1. The van der Waals surface area contributed by atoms with Crippen LogP contribution in [0.2, 0.25) is 0 Å². The molecule has 0 spiro atoms. The Bertz CT molecular complexity index is 677. The molecule has 0 atom stereocenters. The number of nitro groups is 1. The van der Waals surface area contributed by atoms with E-state index in [-0.39, 0.29) is 5.69 Å². The molecule has 0 aliphatic heterocycles. The predicted octanol–water partition coefficient (Wildman–Crippen LogP) is 3.38. The molecule has 0 bridgehead atoms. The number of aryl methyl sites for hydroxylation is 2. The molecule has 0 amide bonds. The molecule has 0 saturated carbocycles. The molecular formula is C15H17N3O3. The summed E-state index contributed by atoms with van der Waals surface area (Å²) in [5.41, 5.74) is 2.43. The molecule has 1 heterocycles. The highest BCUT2D eigenvalue weighted by Crippen LogP contribution is 2.28. The lowest BCUT2D eigenvalue weighted by atomic mass is 10.0. The summed E-state index contributed by atoms with van der Waals surface area (Å²) in [6.07, 6.45) is 4.42. The largest absolute Gasteiger partial charge is 0.298 e. The van der Waals surface area contributed by atoms with Crippen molar-refractivity contribution >= 4 is 12.0 Å². The van der Waals surface area contributed by atoms with E-state index in [4.69, 9.17) is 0 Å². The summed E-state index contributed by atoms with van der Waals surface area (Å²) < 4.78 is 1.72. The first-order chi connectivity index (χ1) is 10.1. The third-order valence-corrected chi connectivity index (χ3v) is 3.34. The second-order valence-corrected chi connectivity index (χ2v) is 4.92. The third-order valence-electron chi connectivity index (χ3n) is 3.34. The van der Waals surface area contributed by atoms with Crippen molar-refractivity contribution in [3.05, 3.63) is 45.6 Å². The predicted molar refractivity (Wildman–Crippen MR) is 79.3 cm³/mol. The van der Waals surface area contributed by atoms with E-state index in [9.17, 15) is 14.9 Å². The van der Waals surface area contributed by atoms with Crippen LogP contribution in [0.1, 0.15) is 35.7 Å². The van der Waals surface area contributed by atoms with Crippen molar-refractivity contribution in [3.8, 4) is 11.3 Å². The third kappa shape index (κ3) is 3.16. The van der Waals surface area contributed by atoms with E-state index in [1.165, 1.54) is 12.1 Å². The summed E-state index contributed by atoms with van der Waals surface area (Å²) in [6, 6.07) is 4.59. The lowest BCUT2D eigenvalue weighted by Crippen LogP contribution is -1.98. The van der Waals surface area contributed by atoms with Gasteiger partial charge in [-0.05, 0) is 18.9 Å². The van der Waals surface area contributed by atoms with Gasteiger partial charge in [-0.25, -0.2) is 0 Å². The van der Waals surface area contributed by atoms with E-state index < -0.39 is 4.92 Å². The summed E-state index contributed by atoms with van der Waals surface area (Å²) in [6.45, 7) is 4.65. The maximum absolute atomic E-state index is 11.2. The van der Waals surface area contributed by atoms with Crippen molar-refractivity contribution in [3.63, 3.8) is 0 Å². The molecule has 1 aromatic carbocycles. The molecule has 110 valence electrons. The van der Waals surface area contributed by atoms with E-state index >= 15 is 0 Å². The highest BCUT2D eigenvalue weighted by molar-refractivity contribution is 5.86. The molecule has 0 aliphatic rings. The number of carbonyl (C=O) groups is 1. The quantitative estimate of drug-likeness (QED) is 0.463. The Labute approximate surface area is 122 Å². The van der Waals surface area contributed by atoms with Gasteiger partial charge in [0, 0.05) is 30.4 Å². The average molecular weight is 287 g/mol. The van der Waals surface area contributed by atoms with Crippen molar-refractivity contribution in [2.45, 2.75) is 33.2 Å². The minimum Gasteiger partial charge on any atom is -0.298 e. The fraction of sp³-hybridized carbons (Fsp3) is 0.333. The van der Waals surface area contributed by atoms with Crippen LogP contribution in [-0.2, 0) is 6.54 Å². The number of aromatic nitrogens is 2. The van der Waals surface area contributed by atoms with Crippen molar-refractivity contribution in [2.75, 3.05) is 0 Å². The average Bonchev–Trinajstić information content (AvgIpc) is 2.88. The summed E-state index contributed by atoms with van der Waals surface area (Å²) in [5.74, 6) is 0. The van der Waals surface area contributed by atoms with Gasteiger partial charge in [0.05, 0.1) is 10.5 Å². The summed E-state index contributed by atoms with van der Waals surface area (Å²) in [4.78, 5) is 21.7. The molecule has 0 aliphatic carbocycles. The Morgan fingerprint density at radius 2 is 2.19 bits per heavy atom. The van der Waals surface area contributed by atoms with Gasteiger partial charge < -0.3 is 0 Å². The Kier molecular flexibility index (Phi) is 4.47. The van der Waals surface area contributed by atoms with Gasteiger partial charge in [0.15, 0.2) is 6.29 Å². The zero-order chi connectivity index (χ0) is 15.4. The Hall–Kier alpha value is -2.50. The van der Waals surface area contributed by atoms with Gasteiger partial charge in [-0.1, -0.05) is 19.4 Å². The monoisotopic (exact) mass is 287 g/mol. The van der Waals surface area contributed by atoms with Gasteiger partial charge in [-0.3, -0.25) is 19.6 Å². The summed E-state index contributed by atoms with van der Waals surface area (Å²) in [7, 11) is 0. The fourth-order valence-corrected chi connectivity index (χ4v) is 2.15. The number of hydrogen-bond donors (Lipinski definition) is 0. The van der Waals surface area contributed by atoms with Crippen LogP contribution in [0.15, 0.2) is 24.4 Å². The Balaban J connectivity index is 2.49. The van der Waals surface area contributed by atoms with Gasteiger partial charge in [0.2, 0.25) is 0 Å². The van der Waals surface area contributed by atoms with E-state index in [0.717, 1.165) is 31.2 Å². The minimum absolute atomic E-state index is 0.00411. The number of rotatable bonds is 6. The maximum Gasteiger partial charge on any atom is 0.270 e. The number of carbonyl (C=O) groups excluding carboxylic acids is 1. The van der Waals surface area contributed by atoms with Gasteiger partial charge in [0.1, 0.15) is 5.69 Å². The molecule has 2 aromatic rings. The summed E-state index contributed by atoms with van der Waals surface area (Å²) in [5, 5.41) is 15.3. The van der Waals surface area contributed by atoms with Crippen LogP contribution in [0.25, 0.3) is 11.3 Å². The van der Waals surface area contributed by atoms with Gasteiger partial charge in [0.25, 0.3) is 5.69 Å². The zero-order valence-electron chi connectivity index (χ0n) is 12.1. The topological polar surface area (TPSA) is 78.0 Å². The molecule has 1 aromatic heterocycles. The minimum atomic E-state index is -0.447. The normalized spacial score (nSPS) is 10.6. The molecule has 0 fully saturated rings. The number of aldehydes is 1. The van der Waals surface area contributed by atoms with Crippen molar-refractivity contribution in [1.82, 2.24) is 9.78 Å². The van der Waals surface area contributed by atoms with Gasteiger partial charge in [-0.2, -0.15) is 5.10 Å². The van der Waals surface area contributed by atoms with E-state index in [1.54, 1.807) is 16.9 Å². The maximum atomic E-state index is 11.2. The Morgan fingerprint density at radius 1 is 1.43 bits per heavy atom.